The Morgan fingerprint density at radius 1 is 1.27 bits per heavy atom. The van der Waals surface area contributed by atoms with Crippen LogP contribution in [0.2, 0.25) is 0 Å². The average Bonchev–Trinajstić information content (AvgIpc) is 2.50. The molecule has 120 valence electrons. The number of carboxylic acids is 1. The predicted molar refractivity (Wildman–Crippen MR) is 80.1 cm³/mol. The molecule has 5 nitrogen and oxygen atoms in total. The minimum absolute atomic E-state index is 0.0739. The van der Waals surface area contributed by atoms with Gasteiger partial charge in [-0.15, -0.1) is 0 Å². The van der Waals surface area contributed by atoms with Crippen molar-refractivity contribution in [1.82, 2.24) is 10.2 Å². The maximum atomic E-state index is 13.6. The van der Waals surface area contributed by atoms with Crippen molar-refractivity contribution in [2.75, 3.05) is 19.6 Å². The summed E-state index contributed by atoms with van der Waals surface area (Å²) in [5.74, 6) is -0.722. The zero-order valence-electron chi connectivity index (χ0n) is 12.4. The fraction of sp³-hybridized carbons (Fsp3) is 0.500. The van der Waals surface area contributed by atoms with Crippen LogP contribution in [0.4, 0.5) is 9.18 Å². The van der Waals surface area contributed by atoms with Gasteiger partial charge in [0.1, 0.15) is 5.82 Å². The van der Waals surface area contributed by atoms with Crippen molar-refractivity contribution >= 4 is 12.0 Å². The molecule has 2 rings (SSSR count). The first kappa shape index (κ1) is 16.3. The summed E-state index contributed by atoms with van der Waals surface area (Å²) in [6.45, 7) is 1.39. The van der Waals surface area contributed by atoms with Gasteiger partial charge in [0.25, 0.3) is 0 Å². The fourth-order valence-electron chi connectivity index (χ4n) is 2.70. The monoisotopic (exact) mass is 308 g/mol. The molecule has 0 radical (unpaired) electrons. The van der Waals surface area contributed by atoms with E-state index in [9.17, 15) is 14.0 Å². The number of halogens is 1. The van der Waals surface area contributed by atoms with Gasteiger partial charge in [0, 0.05) is 19.6 Å². The standard InChI is InChI=1S/C16H21FN2O3/c17-14-4-2-1-3-13(14)11-12-6-9-19(10-7-12)16(22)18-8-5-15(20)21/h1-4,12H,5-11H2,(H,18,22)(H,20,21). The van der Waals surface area contributed by atoms with E-state index in [-0.39, 0.29) is 24.8 Å². The quantitative estimate of drug-likeness (QED) is 0.876. The average molecular weight is 308 g/mol. The third kappa shape index (κ3) is 4.72. The molecule has 0 spiro atoms. The van der Waals surface area contributed by atoms with E-state index in [1.165, 1.54) is 6.07 Å². The molecule has 1 saturated heterocycles. The lowest BCUT2D eigenvalue weighted by Crippen LogP contribution is -2.45. The minimum Gasteiger partial charge on any atom is -0.481 e. The number of benzene rings is 1. The molecule has 1 aromatic carbocycles. The molecule has 1 fully saturated rings. The van der Waals surface area contributed by atoms with Gasteiger partial charge in [0.05, 0.1) is 6.42 Å². The van der Waals surface area contributed by atoms with E-state index in [1.807, 2.05) is 6.07 Å². The zero-order valence-corrected chi connectivity index (χ0v) is 12.4. The number of amides is 2. The van der Waals surface area contributed by atoms with Crippen LogP contribution in [-0.2, 0) is 11.2 Å². The first-order valence-corrected chi connectivity index (χ1v) is 7.54. The molecular weight excluding hydrogens is 287 g/mol. The maximum Gasteiger partial charge on any atom is 0.317 e. The number of hydrogen-bond donors (Lipinski definition) is 2. The van der Waals surface area contributed by atoms with Crippen LogP contribution >= 0.6 is 0 Å². The second-order valence-corrected chi connectivity index (χ2v) is 5.60. The summed E-state index contributed by atoms with van der Waals surface area (Å²) in [6, 6.07) is 6.58. The Kier molecular flexibility index (Phi) is 5.75. The zero-order chi connectivity index (χ0) is 15.9. The van der Waals surface area contributed by atoms with Gasteiger partial charge in [0.2, 0.25) is 0 Å². The van der Waals surface area contributed by atoms with Gasteiger partial charge in [-0.05, 0) is 36.8 Å². The number of likely N-dealkylation sites (tertiary alicyclic amines) is 1. The number of rotatable bonds is 5. The Balaban J connectivity index is 1.74. The molecule has 1 aromatic rings. The highest BCUT2D eigenvalue weighted by atomic mass is 19.1. The molecule has 0 aliphatic carbocycles. The van der Waals surface area contributed by atoms with Crippen LogP contribution in [0, 0.1) is 11.7 Å². The number of urea groups is 1. The van der Waals surface area contributed by atoms with E-state index in [4.69, 9.17) is 5.11 Å². The highest BCUT2D eigenvalue weighted by molar-refractivity contribution is 5.75. The largest absolute Gasteiger partial charge is 0.481 e. The third-order valence-corrected chi connectivity index (χ3v) is 3.98. The number of carbonyl (C=O) groups excluding carboxylic acids is 1. The van der Waals surface area contributed by atoms with Gasteiger partial charge >= 0.3 is 12.0 Å². The van der Waals surface area contributed by atoms with Crippen LogP contribution in [0.25, 0.3) is 0 Å². The van der Waals surface area contributed by atoms with E-state index in [0.29, 0.717) is 25.4 Å². The number of aliphatic carboxylic acids is 1. The highest BCUT2D eigenvalue weighted by Gasteiger charge is 2.23. The molecule has 1 aliphatic rings. The van der Waals surface area contributed by atoms with Crippen molar-refractivity contribution in [2.45, 2.75) is 25.7 Å². The molecular formula is C16H21FN2O3. The Morgan fingerprint density at radius 3 is 2.59 bits per heavy atom. The van der Waals surface area contributed by atoms with Crippen LogP contribution in [-0.4, -0.2) is 41.6 Å². The van der Waals surface area contributed by atoms with Gasteiger partial charge in [0.15, 0.2) is 0 Å². The van der Waals surface area contributed by atoms with E-state index in [2.05, 4.69) is 5.32 Å². The molecule has 6 heteroatoms. The lowest BCUT2D eigenvalue weighted by Gasteiger charge is -2.32. The van der Waals surface area contributed by atoms with Gasteiger partial charge in [-0.25, -0.2) is 9.18 Å². The molecule has 22 heavy (non-hydrogen) atoms. The van der Waals surface area contributed by atoms with Crippen LogP contribution < -0.4 is 5.32 Å². The van der Waals surface area contributed by atoms with E-state index >= 15 is 0 Å². The van der Waals surface area contributed by atoms with Gasteiger partial charge in [-0.1, -0.05) is 18.2 Å². The van der Waals surface area contributed by atoms with Crippen LogP contribution in [0.15, 0.2) is 24.3 Å². The number of carboxylic acid groups (broad SMARTS) is 1. The van der Waals surface area contributed by atoms with Crippen molar-refractivity contribution < 1.29 is 19.1 Å². The maximum absolute atomic E-state index is 13.6. The molecule has 0 atom stereocenters. The summed E-state index contributed by atoms with van der Waals surface area (Å²) in [6.07, 6.45) is 2.29. The van der Waals surface area contributed by atoms with Crippen molar-refractivity contribution in [3.05, 3.63) is 35.6 Å². The fourth-order valence-corrected chi connectivity index (χ4v) is 2.70. The summed E-state index contributed by atoms with van der Waals surface area (Å²) < 4.78 is 13.6. The third-order valence-electron chi connectivity index (χ3n) is 3.98. The normalized spacial score (nSPS) is 15.6. The Morgan fingerprint density at radius 2 is 1.95 bits per heavy atom. The van der Waals surface area contributed by atoms with Gasteiger partial charge in [-0.3, -0.25) is 4.79 Å². The Bertz CT molecular complexity index is 528. The van der Waals surface area contributed by atoms with Crippen LogP contribution in [0.5, 0.6) is 0 Å². The molecule has 1 aliphatic heterocycles. The molecule has 2 amide bonds. The lowest BCUT2D eigenvalue weighted by atomic mass is 9.90. The van der Waals surface area contributed by atoms with E-state index < -0.39 is 5.97 Å². The van der Waals surface area contributed by atoms with Crippen molar-refractivity contribution in [3.8, 4) is 0 Å². The second kappa shape index (κ2) is 7.77. The number of carbonyl (C=O) groups is 2. The summed E-state index contributed by atoms with van der Waals surface area (Å²) >= 11 is 0. The minimum atomic E-state index is -0.927. The van der Waals surface area contributed by atoms with Crippen molar-refractivity contribution in [2.24, 2.45) is 5.92 Å². The molecule has 0 bridgehead atoms. The summed E-state index contributed by atoms with van der Waals surface area (Å²) in [4.78, 5) is 24.0. The second-order valence-electron chi connectivity index (χ2n) is 5.60. The van der Waals surface area contributed by atoms with E-state index in [0.717, 1.165) is 18.4 Å². The van der Waals surface area contributed by atoms with Crippen LogP contribution in [0.3, 0.4) is 0 Å². The van der Waals surface area contributed by atoms with Gasteiger partial charge < -0.3 is 15.3 Å². The first-order chi connectivity index (χ1) is 10.6. The molecule has 0 unspecified atom stereocenters. The smallest absolute Gasteiger partial charge is 0.317 e. The number of piperidine rings is 1. The molecule has 0 saturated carbocycles. The Labute approximate surface area is 129 Å². The molecule has 2 N–H and O–H groups in total. The van der Waals surface area contributed by atoms with Crippen molar-refractivity contribution in [3.63, 3.8) is 0 Å². The molecule has 0 aromatic heterocycles. The van der Waals surface area contributed by atoms with Crippen LogP contribution in [0.1, 0.15) is 24.8 Å². The SMILES string of the molecule is O=C(O)CCNC(=O)N1CCC(Cc2ccccc2F)CC1. The number of nitrogens with zero attached hydrogens (tertiary/aromatic N) is 1. The topological polar surface area (TPSA) is 69.6 Å². The Hall–Kier alpha value is -2.11. The van der Waals surface area contributed by atoms with Gasteiger partial charge in [-0.2, -0.15) is 0 Å². The lowest BCUT2D eigenvalue weighted by molar-refractivity contribution is -0.136. The highest BCUT2D eigenvalue weighted by Crippen LogP contribution is 2.22. The number of nitrogens with one attached hydrogen (secondary N) is 1. The summed E-state index contributed by atoms with van der Waals surface area (Å²) in [7, 11) is 0. The predicted octanol–water partition coefficient (Wildman–Crippen LogP) is 2.26. The first-order valence-electron chi connectivity index (χ1n) is 7.54. The number of hydrogen-bond acceptors (Lipinski definition) is 2. The summed E-state index contributed by atoms with van der Waals surface area (Å²) in [5.41, 5.74) is 0.729. The van der Waals surface area contributed by atoms with E-state index in [1.54, 1.807) is 17.0 Å². The summed E-state index contributed by atoms with van der Waals surface area (Å²) in [5, 5.41) is 11.1. The van der Waals surface area contributed by atoms with Crippen molar-refractivity contribution in [1.29, 1.82) is 0 Å². The molecule has 1 heterocycles.